The summed E-state index contributed by atoms with van der Waals surface area (Å²) in [6.07, 6.45) is 1.21. The van der Waals surface area contributed by atoms with Crippen molar-refractivity contribution in [1.82, 2.24) is 4.90 Å². The highest BCUT2D eigenvalue weighted by Crippen LogP contribution is 2.27. The first-order valence-electron chi connectivity index (χ1n) is 8.16. The Morgan fingerprint density at radius 2 is 1.71 bits per heavy atom. The molecule has 1 aliphatic rings. The predicted octanol–water partition coefficient (Wildman–Crippen LogP) is 3.02. The highest BCUT2D eigenvalue weighted by molar-refractivity contribution is 5.99. The van der Waals surface area contributed by atoms with Crippen molar-refractivity contribution in [3.8, 4) is 5.75 Å². The van der Waals surface area contributed by atoms with Crippen molar-refractivity contribution < 1.29 is 19.1 Å². The molecular formula is C19H21NO4. The first-order chi connectivity index (χ1) is 11.6. The Morgan fingerprint density at radius 1 is 1.08 bits per heavy atom. The topological polar surface area (TPSA) is 55.8 Å². The van der Waals surface area contributed by atoms with E-state index in [9.17, 15) is 9.59 Å². The van der Waals surface area contributed by atoms with Crippen LogP contribution in [-0.4, -0.2) is 43.1 Å². The summed E-state index contributed by atoms with van der Waals surface area (Å²) in [7, 11) is 1.51. The van der Waals surface area contributed by atoms with Gasteiger partial charge in [0.15, 0.2) is 6.10 Å². The summed E-state index contributed by atoms with van der Waals surface area (Å²) in [6, 6.07) is 11.2. The van der Waals surface area contributed by atoms with Crippen LogP contribution in [0.3, 0.4) is 0 Å². The molecule has 1 heterocycles. The van der Waals surface area contributed by atoms with Gasteiger partial charge in [0.05, 0.1) is 7.11 Å². The van der Waals surface area contributed by atoms with E-state index in [2.05, 4.69) is 0 Å². The normalized spacial score (nSPS) is 15.3. The molecule has 5 nitrogen and oxygen atoms in total. The Kier molecular flexibility index (Phi) is 4.69. The number of amides is 1. The highest BCUT2D eigenvalue weighted by Gasteiger charge is 2.27. The lowest BCUT2D eigenvalue weighted by atomic mass is 10.1. The summed E-state index contributed by atoms with van der Waals surface area (Å²) in [5, 5.41) is 1.90. The summed E-state index contributed by atoms with van der Waals surface area (Å²) in [4.78, 5) is 26.6. The Balaban J connectivity index is 1.81. The fraction of sp³-hybridized carbons (Fsp3) is 0.368. The molecule has 1 aliphatic heterocycles. The number of methoxy groups -OCH3 is 1. The molecule has 0 saturated carbocycles. The SMILES string of the molecule is COc1cc2ccccc2cc1C(=O)OC(C)C(=O)N1CCCC1. The van der Waals surface area contributed by atoms with Gasteiger partial charge in [-0.1, -0.05) is 24.3 Å². The maximum atomic E-state index is 12.5. The van der Waals surface area contributed by atoms with Gasteiger partial charge < -0.3 is 14.4 Å². The molecule has 3 rings (SSSR count). The Bertz CT molecular complexity index is 765. The molecule has 0 radical (unpaired) electrons. The molecule has 24 heavy (non-hydrogen) atoms. The quantitative estimate of drug-likeness (QED) is 0.810. The summed E-state index contributed by atoms with van der Waals surface area (Å²) >= 11 is 0. The molecule has 0 aliphatic carbocycles. The number of rotatable bonds is 4. The number of carbonyl (C=O) groups is 2. The zero-order valence-electron chi connectivity index (χ0n) is 14.0. The van der Waals surface area contributed by atoms with Gasteiger partial charge >= 0.3 is 5.97 Å². The van der Waals surface area contributed by atoms with Gasteiger partial charge in [0.2, 0.25) is 0 Å². The molecule has 0 aromatic heterocycles. The molecule has 0 bridgehead atoms. The van der Waals surface area contributed by atoms with E-state index >= 15 is 0 Å². The minimum atomic E-state index is -0.799. The van der Waals surface area contributed by atoms with Crippen LogP contribution in [0.25, 0.3) is 10.8 Å². The lowest BCUT2D eigenvalue weighted by molar-refractivity contribution is -0.138. The average molecular weight is 327 g/mol. The minimum absolute atomic E-state index is 0.138. The number of ether oxygens (including phenoxy) is 2. The van der Waals surface area contributed by atoms with Crippen molar-refractivity contribution in [2.45, 2.75) is 25.9 Å². The van der Waals surface area contributed by atoms with Crippen LogP contribution in [0.2, 0.25) is 0 Å². The molecule has 1 saturated heterocycles. The van der Waals surface area contributed by atoms with Gasteiger partial charge in [-0.05, 0) is 42.7 Å². The van der Waals surface area contributed by atoms with Gasteiger partial charge in [-0.15, -0.1) is 0 Å². The van der Waals surface area contributed by atoms with Crippen LogP contribution in [0.1, 0.15) is 30.1 Å². The largest absolute Gasteiger partial charge is 0.496 e. The second-order valence-corrected chi connectivity index (χ2v) is 5.98. The van der Waals surface area contributed by atoms with Crippen molar-refractivity contribution in [2.24, 2.45) is 0 Å². The number of fused-ring (bicyclic) bond motifs is 1. The van der Waals surface area contributed by atoms with E-state index in [1.807, 2.05) is 24.3 Å². The minimum Gasteiger partial charge on any atom is -0.496 e. The molecule has 2 aromatic rings. The highest BCUT2D eigenvalue weighted by atomic mass is 16.5. The van der Waals surface area contributed by atoms with Crippen LogP contribution in [-0.2, 0) is 9.53 Å². The average Bonchev–Trinajstić information content (AvgIpc) is 3.14. The van der Waals surface area contributed by atoms with Crippen LogP contribution in [0.4, 0.5) is 0 Å². The number of esters is 1. The Labute approximate surface area is 141 Å². The third-order valence-electron chi connectivity index (χ3n) is 4.34. The molecule has 0 N–H and O–H groups in total. The van der Waals surface area contributed by atoms with Crippen LogP contribution in [0, 0.1) is 0 Å². The molecule has 0 spiro atoms. The van der Waals surface area contributed by atoms with Gasteiger partial charge in [0, 0.05) is 13.1 Å². The molecule has 1 amide bonds. The summed E-state index contributed by atoms with van der Waals surface area (Å²) in [5.41, 5.74) is 0.331. The molecule has 126 valence electrons. The third-order valence-corrected chi connectivity index (χ3v) is 4.34. The van der Waals surface area contributed by atoms with Crippen molar-refractivity contribution in [3.05, 3.63) is 42.0 Å². The Hall–Kier alpha value is -2.56. The van der Waals surface area contributed by atoms with Crippen LogP contribution in [0.5, 0.6) is 5.75 Å². The maximum absolute atomic E-state index is 12.5. The second kappa shape index (κ2) is 6.91. The lowest BCUT2D eigenvalue weighted by Gasteiger charge is -2.20. The molecule has 5 heteroatoms. The first kappa shape index (κ1) is 16.3. The lowest BCUT2D eigenvalue weighted by Crippen LogP contribution is -2.38. The van der Waals surface area contributed by atoms with Gasteiger partial charge in [-0.25, -0.2) is 4.79 Å². The fourth-order valence-electron chi connectivity index (χ4n) is 3.02. The second-order valence-electron chi connectivity index (χ2n) is 5.98. The Morgan fingerprint density at radius 3 is 2.33 bits per heavy atom. The van der Waals surface area contributed by atoms with Crippen LogP contribution >= 0.6 is 0 Å². The number of likely N-dealkylation sites (tertiary alicyclic amines) is 1. The molecule has 1 unspecified atom stereocenters. The van der Waals surface area contributed by atoms with E-state index in [4.69, 9.17) is 9.47 Å². The van der Waals surface area contributed by atoms with E-state index in [0.717, 1.165) is 36.7 Å². The number of hydrogen-bond donors (Lipinski definition) is 0. The first-order valence-corrected chi connectivity index (χ1v) is 8.16. The monoisotopic (exact) mass is 327 g/mol. The van der Waals surface area contributed by atoms with Crippen molar-refractivity contribution in [1.29, 1.82) is 0 Å². The molecule has 1 fully saturated rings. The van der Waals surface area contributed by atoms with Crippen LogP contribution in [0.15, 0.2) is 36.4 Å². The van der Waals surface area contributed by atoms with Crippen molar-refractivity contribution in [2.75, 3.05) is 20.2 Å². The van der Waals surface area contributed by atoms with E-state index in [-0.39, 0.29) is 5.91 Å². The number of nitrogens with zero attached hydrogens (tertiary/aromatic N) is 1. The standard InChI is InChI=1S/C19H21NO4/c1-13(18(21)20-9-5-6-10-20)24-19(22)16-11-14-7-3-4-8-15(14)12-17(16)23-2/h3-4,7-8,11-13H,5-6,9-10H2,1-2H3. The van der Waals surface area contributed by atoms with E-state index in [1.165, 1.54) is 7.11 Å². The zero-order chi connectivity index (χ0) is 17.1. The summed E-state index contributed by atoms with van der Waals surface area (Å²) in [6.45, 7) is 3.09. The van der Waals surface area contributed by atoms with Crippen molar-refractivity contribution in [3.63, 3.8) is 0 Å². The van der Waals surface area contributed by atoms with Gasteiger partial charge in [-0.2, -0.15) is 0 Å². The molecular weight excluding hydrogens is 306 g/mol. The van der Waals surface area contributed by atoms with Gasteiger partial charge in [-0.3, -0.25) is 4.79 Å². The van der Waals surface area contributed by atoms with Gasteiger partial charge in [0.25, 0.3) is 5.91 Å². The summed E-state index contributed by atoms with van der Waals surface area (Å²) in [5.74, 6) is -0.238. The summed E-state index contributed by atoms with van der Waals surface area (Å²) < 4.78 is 10.7. The molecule has 2 aromatic carbocycles. The van der Waals surface area contributed by atoms with E-state index < -0.39 is 12.1 Å². The van der Waals surface area contributed by atoms with Crippen LogP contribution < -0.4 is 4.74 Å². The zero-order valence-corrected chi connectivity index (χ0v) is 14.0. The fourth-order valence-corrected chi connectivity index (χ4v) is 3.02. The predicted molar refractivity (Wildman–Crippen MR) is 91.2 cm³/mol. The number of carbonyl (C=O) groups excluding carboxylic acids is 2. The van der Waals surface area contributed by atoms with Gasteiger partial charge in [0.1, 0.15) is 11.3 Å². The number of benzene rings is 2. The third kappa shape index (κ3) is 3.20. The number of hydrogen-bond acceptors (Lipinski definition) is 4. The van der Waals surface area contributed by atoms with Crippen molar-refractivity contribution >= 4 is 22.6 Å². The van der Waals surface area contributed by atoms with E-state index in [1.54, 1.807) is 24.0 Å². The van der Waals surface area contributed by atoms with E-state index in [0.29, 0.717) is 11.3 Å². The smallest absolute Gasteiger partial charge is 0.342 e. The molecule has 1 atom stereocenters. The maximum Gasteiger partial charge on any atom is 0.342 e.